The largest absolute Gasteiger partial charge is 0.452 e. The molecule has 0 fully saturated rings. The average Bonchev–Trinajstić information content (AvgIpc) is 2.87. The molecule has 0 aliphatic rings. The van der Waals surface area contributed by atoms with Crippen LogP contribution in [0, 0.1) is 0 Å². The Morgan fingerprint density at radius 2 is 2.00 bits per heavy atom. The predicted molar refractivity (Wildman–Crippen MR) is 77.5 cm³/mol. The fraction of sp³-hybridized carbons (Fsp3) is 0.0769. The summed E-state index contributed by atoms with van der Waals surface area (Å²) in [7, 11) is 0. The molecule has 0 saturated heterocycles. The molecule has 0 aliphatic carbocycles. The van der Waals surface area contributed by atoms with Gasteiger partial charge in [-0.25, -0.2) is 0 Å². The van der Waals surface area contributed by atoms with Crippen LogP contribution in [0.4, 0.5) is 0 Å². The van der Waals surface area contributed by atoms with Gasteiger partial charge in [0.25, 0.3) is 0 Å². The maximum absolute atomic E-state index is 6.15. The second kappa shape index (κ2) is 4.65. The van der Waals surface area contributed by atoms with Gasteiger partial charge >= 0.3 is 0 Å². The van der Waals surface area contributed by atoms with Gasteiger partial charge in [0.1, 0.15) is 5.76 Å². The Labute approximate surface area is 122 Å². The van der Waals surface area contributed by atoms with E-state index >= 15 is 0 Å². The van der Waals surface area contributed by atoms with Gasteiger partial charge in [-0.3, -0.25) is 0 Å². The number of furan rings is 1. The molecule has 2 nitrogen and oxygen atoms in total. The van der Waals surface area contributed by atoms with Crippen molar-refractivity contribution in [3.63, 3.8) is 0 Å². The molecular formula is C13H8BrCl2NO. The molecule has 0 saturated carbocycles. The number of nitrogens with zero attached hydrogens (tertiary/aromatic N) is 1. The average molecular weight is 345 g/mol. The molecule has 2 heterocycles. The lowest BCUT2D eigenvalue weighted by Gasteiger charge is -2.04. The smallest absolute Gasteiger partial charge is 0.169 e. The van der Waals surface area contributed by atoms with E-state index in [0.29, 0.717) is 16.6 Å². The van der Waals surface area contributed by atoms with Crippen molar-refractivity contribution in [2.45, 2.75) is 6.54 Å². The zero-order valence-corrected chi connectivity index (χ0v) is 12.3. The van der Waals surface area contributed by atoms with Crippen LogP contribution in [0.1, 0.15) is 5.76 Å². The first-order valence-corrected chi connectivity index (χ1v) is 6.86. The molecule has 0 atom stereocenters. The Kier molecular flexibility index (Phi) is 3.14. The molecule has 2 aromatic heterocycles. The lowest BCUT2D eigenvalue weighted by atomic mass is 10.2. The van der Waals surface area contributed by atoms with E-state index in [1.807, 2.05) is 30.5 Å². The van der Waals surface area contributed by atoms with E-state index in [0.717, 1.165) is 21.3 Å². The first-order valence-electron chi connectivity index (χ1n) is 5.31. The lowest BCUT2D eigenvalue weighted by Crippen LogP contribution is -1.96. The van der Waals surface area contributed by atoms with E-state index in [9.17, 15) is 0 Å². The summed E-state index contributed by atoms with van der Waals surface area (Å²) in [6.07, 6.45) is 1.98. The zero-order valence-electron chi connectivity index (χ0n) is 9.16. The quantitative estimate of drug-likeness (QED) is 0.612. The van der Waals surface area contributed by atoms with Crippen LogP contribution in [-0.4, -0.2) is 4.57 Å². The summed E-state index contributed by atoms with van der Waals surface area (Å²) >= 11 is 15.5. The highest BCUT2D eigenvalue weighted by Gasteiger charge is 2.08. The number of halogens is 3. The second-order valence-electron chi connectivity index (χ2n) is 3.97. The van der Waals surface area contributed by atoms with Crippen molar-refractivity contribution in [2.24, 2.45) is 0 Å². The van der Waals surface area contributed by atoms with E-state index in [1.54, 1.807) is 6.07 Å². The van der Waals surface area contributed by atoms with Crippen molar-refractivity contribution < 1.29 is 4.42 Å². The molecule has 0 amide bonds. The molecule has 0 unspecified atom stereocenters. The summed E-state index contributed by atoms with van der Waals surface area (Å²) < 4.78 is 8.28. The van der Waals surface area contributed by atoms with E-state index in [1.165, 1.54) is 0 Å². The summed E-state index contributed by atoms with van der Waals surface area (Å²) in [6.45, 7) is 0.645. The molecule has 5 heteroatoms. The molecule has 92 valence electrons. The number of hydrogen-bond donors (Lipinski definition) is 0. The second-order valence-corrected chi connectivity index (χ2v) is 5.60. The normalized spacial score (nSPS) is 11.3. The van der Waals surface area contributed by atoms with Crippen molar-refractivity contribution in [3.05, 3.63) is 57.0 Å². The zero-order chi connectivity index (χ0) is 12.7. The summed E-state index contributed by atoms with van der Waals surface area (Å²) in [5.74, 6) is 0.871. The first kappa shape index (κ1) is 12.2. The highest BCUT2D eigenvalue weighted by molar-refractivity contribution is 9.10. The summed E-state index contributed by atoms with van der Waals surface area (Å²) in [4.78, 5) is 0. The minimum absolute atomic E-state index is 0.632. The molecule has 0 radical (unpaired) electrons. The van der Waals surface area contributed by atoms with Crippen LogP contribution >= 0.6 is 39.1 Å². The third-order valence-corrected chi connectivity index (χ3v) is 3.72. The molecule has 0 spiro atoms. The summed E-state index contributed by atoms with van der Waals surface area (Å²) in [6, 6.07) is 9.44. The number of aromatic nitrogens is 1. The number of hydrogen-bond acceptors (Lipinski definition) is 1. The molecule has 3 rings (SSSR count). The van der Waals surface area contributed by atoms with E-state index in [-0.39, 0.29) is 0 Å². The first-order chi connectivity index (χ1) is 8.63. The van der Waals surface area contributed by atoms with Crippen LogP contribution in [0.15, 0.2) is 45.6 Å². The van der Waals surface area contributed by atoms with E-state index < -0.39 is 0 Å². The van der Waals surface area contributed by atoms with Crippen LogP contribution < -0.4 is 0 Å². The van der Waals surface area contributed by atoms with Gasteiger partial charge in [-0.1, -0.05) is 23.2 Å². The van der Waals surface area contributed by atoms with E-state index in [4.69, 9.17) is 27.6 Å². The van der Waals surface area contributed by atoms with Crippen molar-refractivity contribution in [1.82, 2.24) is 4.57 Å². The molecular weight excluding hydrogens is 337 g/mol. The predicted octanol–water partition coefficient (Wildman–Crippen LogP) is 5.35. The van der Waals surface area contributed by atoms with Crippen molar-refractivity contribution in [1.29, 1.82) is 0 Å². The standard InChI is InChI=1S/C13H8BrCl2NO/c14-13-2-1-9(18-13)7-17-4-3-10-11(16)5-8(15)6-12(10)17/h1-6H,7H2. The SMILES string of the molecule is Clc1cc(Cl)c2ccn(Cc3ccc(Br)o3)c2c1. The number of benzene rings is 1. The van der Waals surface area contributed by atoms with Crippen molar-refractivity contribution >= 4 is 50.0 Å². The highest BCUT2D eigenvalue weighted by atomic mass is 79.9. The Morgan fingerprint density at radius 3 is 2.72 bits per heavy atom. The molecule has 18 heavy (non-hydrogen) atoms. The van der Waals surface area contributed by atoms with Gasteiger partial charge in [0.05, 0.1) is 17.1 Å². The van der Waals surface area contributed by atoms with Crippen molar-refractivity contribution in [3.8, 4) is 0 Å². The molecule has 0 aliphatic heterocycles. The Morgan fingerprint density at radius 1 is 1.17 bits per heavy atom. The monoisotopic (exact) mass is 343 g/mol. The molecule has 3 aromatic rings. The third-order valence-electron chi connectivity index (χ3n) is 2.76. The topological polar surface area (TPSA) is 18.1 Å². The molecule has 1 aromatic carbocycles. The van der Waals surface area contributed by atoms with Gasteiger partial charge in [-0.15, -0.1) is 0 Å². The summed E-state index contributed by atoms with van der Waals surface area (Å²) in [5, 5.41) is 2.29. The Bertz CT molecular complexity index is 717. The van der Waals surface area contributed by atoms with Crippen LogP contribution in [0.5, 0.6) is 0 Å². The Balaban J connectivity index is 2.07. The maximum atomic E-state index is 6.15. The molecule has 0 bridgehead atoms. The van der Waals surface area contributed by atoms with Crippen LogP contribution in [-0.2, 0) is 6.54 Å². The van der Waals surface area contributed by atoms with Crippen molar-refractivity contribution in [2.75, 3.05) is 0 Å². The van der Waals surface area contributed by atoms with Gasteiger partial charge in [0.15, 0.2) is 4.67 Å². The van der Waals surface area contributed by atoms with Crippen LogP contribution in [0.3, 0.4) is 0 Å². The lowest BCUT2D eigenvalue weighted by molar-refractivity contribution is 0.477. The fourth-order valence-corrected chi connectivity index (χ4v) is 2.85. The van der Waals surface area contributed by atoms with Crippen LogP contribution in [0.2, 0.25) is 10.0 Å². The van der Waals surface area contributed by atoms with Gasteiger partial charge in [0, 0.05) is 16.6 Å². The third kappa shape index (κ3) is 2.18. The maximum Gasteiger partial charge on any atom is 0.169 e. The minimum Gasteiger partial charge on any atom is -0.452 e. The summed E-state index contributed by atoms with van der Waals surface area (Å²) in [5.41, 5.74) is 1.00. The van der Waals surface area contributed by atoms with Crippen LogP contribution in [0.25, 0.3) is 10.9 Å². The Hall–Kier alpha value is -0.900. The highest BCUT2D eigenvalue weighted by Crippen LogP contribution is 2.29. The fourth-order valence-electron chi connectivity index (χ4n) is 1.96. The van der Waals surface area contributed by atoms with Gasteiger partial charge in [-0.05, 0) is 46.3 Å². The number of fused-ring (bicyclic) bond motifs is 1. The minimum atomic E-state index is 0.632. The van der Waals surface area contributed by atoms with Gasteiger partial charge < -0.3 is 8.98 Å². The molecule has 0 N–H and O–H groups in total. The van der Waals surface area contributed by atoms with Gasteiger partial charge in [-0.2, -0.15) is 0 Å². The van der Waals surface area contributed by atoms with Gasteiger partial charge in [0.2, 0.25) is 0 Å². The van der Waals surface area contributed by atoms with E-state index in [2.05, 4.69) is 20.5 Å². The number of rotatable bonds is 2.